The molecule has 40 heavy (non-hydrogen) atoms. The summed E-state index contributed by atoms with van der Waals surface area (Å²) in [5, 5.41) is 10.4. The van der Waals surface area contributed by atoms with Gasteiger partial charge in [-0.2, -0.15) is 11.8 Å². The second-order valence-electron chi connectivity index (χ2n) is 9.75. The molecular weight excluding hydrogens is 766 g/mol. The summed E-state index contributed by atoms with van der Waals surface area (Å²) in [6, 6.07) is 31.0. The molecule has 0 saturated carbocycles. The number of hydrogen-bond acceptors (Lipinski definition) is 1. The van der Waals surface area contributed by atoms with E-state index in [0.29, 0.717) is 0 Å². The summed E-state index contributed by atoms with van der Waals surface area (Å²) in [7, 11) is 4.37. The van der Waals surface area contributed by atoms with E-state index in [0.717, 1.165) is 8.95 Å². The van der Waals surface area contributed by atoms with Gasteiger partial charge < -0.3 is 33.9 Å². The minimum atomic E-state index is 0. The predicted octanol–water partition coefficient (Wildman–Crippen LogP) is 4.40. The molecule has 0 spiro atoms. The molecule has 0 radical (unpaired) electrons. The fourth-order valence-electron chi connectivity index (χ4n) is 6.23. The van der Waals surface area contributed by atoms with Gasteiger partial charge in [-0.05, 0) is 32.6 Å². The van der Waals surface area contributed by atoms with Gasteiger partial charge in [-0.3, -0.25) is 0 Å². The van der Waals surface area contributed by atoms with E-state index in [9.17, 15) is 0 Å². The van der Waals surface area contributed by atoms with Crippen LogP contribution in [0.5, 0.6) is 0 Å². The fraction of sp³-hybridized carbons (Fsp3) is 0.0625. The van der Waals surface area contributed by atoms with Crippen molar-refractivity contribution in [3.8, 4) is 0 Å². The number of benzene rings is 4. The SMILES string of the molecule is Cn1c2ccc(Br)[c-](S[c-]3c(Br)ccc4c3c3cc5ccccc5c3n4C)c2c2cc3ccccc3c21.[Cl-].[Cl-].[Zr+4]. The summed E-state index contributed by atoms with van der Waals surface area (Å²) >= 11 is 9.73. The average Bonchev–Trinajstić information content (AvgIpc) is 3.61. The zero-order chi connectivity index (χ0) is 25.0. The van der Waals surface area contributed by atoms with Crippen molar-refractivity contribution < 1.29 is 51.0 Å². The summed E-state index contributed by atoms with van der Waals surface area (Å²) in [4.78, 5) is 2.50. The Morgan fingerprint density at radius 1 is 0.575 bits per heavy atom. The van der Waals surface area contributed by atoms with E-state index in [1.807, 2.05) is 11.8 Å². The number of hydrogen-bond donors (Lipinski definition) is 0. The van der Waals surface area contributed by atoms with Crippen molar-refractivity contribution in [2.24, 2.45) is 14.1 Å². The smallest absolute Gasteiger partial charge is 1.00 e. The second kappa shape index (κ2) is 10.9. The van der Waals surface area contributed by atoms with E-state index in [4.69, 9.17) is 0 Å². The van der Waals surface area contributed by atoms with Crippen molar-refractivity contribution >= 4 is 109 Å². The molecule has 0 unspecified atom stereocenters. The Labute approximate surface area is 284 Å². The standard InChI is InChI=1S/C32H20Br2N2S.2ClH.Zr/c1-35-25-13-11-23(33)31(27(25)21-15-17-7-3-5-9-19(17)29(21)35)37-32-24(34)12-14-26-28(32)22-16-18-8-4-6-10-20(18)30(22)36(26)2;;;/h3-16H,1-2H3;2*1H;/q-2;;;+4/p-2. The molecule has 2 heterocycles. The molecule has 8 heteroatoms. The van der Waals surface area contributed by atoms with Gasteiger partial charge in [0.2, 0.25) is 0 Å². The maximum atomic E-state index is 3.93. The van der Waals surface area contributed by atoms with Gasteiger partial charge >= 0.3 is 26.2 Å². The molecule has 6 aromatic carbocycles. The van der Waals surface area contributed by atoms with Crippen LogP contribution in [0.1, 0.15) is 0 Å². The van der Waals surface area contributed by atoms with Crippen molar-refractivity contribution in [3.05, 3.63) is 93.9 Å². The molecule has 0 aliphatic heterocycles. The number of aryl methyl sites for hydroxylation is 2. The molecule has 0 saturated heterocycles. The van der Waals surface area contributed by atoms with E-state index in [-0.39, 0.29) is 51.0 Å². The van der Waals surface area contributed by atoms with E-state index in [2.05, 4.69) is 140 Å². The zero-order valence-electron chi connectivity index (χ0n) is 21.4. The molecule has 8 aromatic rings. The first-order valence-corrected chi connectivity index (χ1v) is 14.6. The van der Waals surface area contributed by atoms with Crippen LogP contribution in [-0.4, -0.2) is 9.13 Å². The first-order chi connectivity index (χ1) is 18.0. The molecule has 0 atom stereocenters. The summed E-state index contributed by atoms with van der Waals surface area (Å²) in [6.45, 7) is 0. The van der Waals surface area contributed by atoms with Crippen molar-refractivity contribution in [1.29, 1.82) is 0 Å². The van der Waals surface area contributed by atoms with E-state index in [1.165, 1.54) is 74.9 Å². The van der Waals surface area contributed by atoms with Crippen molar-refractivity contribution in [3.63, 3.8) is 0 Å². The van der Waals surface area contributed by atoms with Gasteiger partial charge in [-0.1, -0.05) is 122 Å². The number of fused-ring (bicyclic) bond motifs is 10. The molecule has 8 rings (SSSR count). The molecule has 0 aliphatic carbocycles. The van der Waals surface area contributed by atoms with Gasteiger partial charge in [0, 0.05) is 25.1 Å². The quantitative estimate of drug-likeness (QED) is 0.237. The Balaban J connectivity index is 0.00000108. The maximum Gasteiger partial charge on any atom is 4.00 e. The second-order valence-corrected chi connectivity index (χ2v) is 12.5. The maximum absolute atomic E-state index is 3.93. The van der Waals surface area contributed by atoms with Crippen LogP contribution in [-0.2, 0) is 40.3 Å². The number of nitrogens with zero attached hydrogens (tertiary/aromatic N) is 2. The Morgan fingerprint density at radius 3 is 1.40 bits per heavy atom. The van der Waals surface area contributed by atoms with E-state index < -0.39 is 0 Å². The van der Waals surface area contributed by atoms with Crippen LogP contribution in [0.15, 0.2) is 104 Å². The Kier molecular flexibility index (Phi) is 8.20. The van der Waals surface area contributed by atoms with Gasteiger partial charge in [0.05, 0.1) is 0 Å². The van der Waals surface area contributed by atoms with Gasteiger partial charge in [-0.25, -0.2) is 0 Å². The predicted molar refractivity (Wildman–Crippen MR) is 167 cm³/mol. The summed E-state index contributed by atoms with van der Waals surface area (Å²) in [5.74, 6) is 0. The molecule has 0 fully saturated rings. The first kappa shape index (κ1) is 29.9. The third-order valence-electron chi connectivity index (χ3n) is 7.85. The molecular formula is C32H20Br2Cl2N2SZr. The summed E-state index contributed by atoms with van der Waals surface area (Å²) < 4.78 is 6.94. The monoisotopic (exact) mass is 782 g/mol. The van der Waals surface area contributed by atoms with Crippen LogP contribution in [0, 0.1) is 0 Å². The molecule has 0 bridgehead atoms. The third kappa shape index (κ3) is 4.05. The van der Waals surface area contributed by atoms with Crippen molar-refractivity contribution in [2.45, 2.75) is 9.79 Å². The van der Waals surface area contributed by atoms with Gasteiger partial charge in [0.25, 0.3) is 0 Å². The molecule has 196 valence electrons. The number of rotatable bonds is 2. The minimum absolute atomic E-state index is 0. The number of halogens is 4. The van der Waals surface area contributed by atoms with Crippen LogP contribution < -0.4 is 24.8 Å². The number of aromatic nitrogens is 2. The van der Waals surface area contributed by atoms with Crippen LogP contribution in [0.25, 0.3) is 65.2 Å². The average molecular weight is 787 g/mol. The van der Waals surface area contributed by atoms with Crippen LogP contribution in [0.3, 0.4) is 0 Å². The van der Waals surface area contributed by atoms with Crippen LogP contribution >= 0.6 is 43.6 Å². The Morgan fingerprint density at radius 2 is 0.975 bits per heavy atom. The molecule has 2 aromatic heterocycles. The Hall–Kier alpha value is -1.53. The summed E-state index contributed by atoms with van der Waals surface area (Å²) in [6.07, 6.45) is 0. The molecule has 0 aliphatic rings. The Bertz CT molecular complexity index is 2080. The third-order valence-corrected chi connectivity index (χ3v) is 11.0. The van der Waals surface area contributed by atoms with Crippen molar-refractivity contribution in [2.75, 3.05) is 0 Å². The zero-order valence-corrected chi connectivity index (χ0v) is 29.4. The topological polar surface area (TPSA) is 9.86 Å². The van der Waals surface area contributed by atoms with Gasteiger partial charge in [0.15, 0.2) is 0 Å². The van der Waals surface area contributed by atoms with Crippen LogP contribution in [0.2, 0.25) is 0 Å². The minimum Gasteiger partial charge on any atom is -1.00 e. The first-order valence-electron chi connectivity index (χ1n) is 12.2. The molecule has 0 N–H and O–H groups in total. The van der Waals surface area contributed by atoms with E-state index in [1.54, 1.807) is 0 Å². The van der Waals surface area contributed by atoms with Crippen LogP contribution in [0.4, 0.5) is 0 Å². The van der Waals surface area contributed by atoms with Crippen molar-refractivity contribution in [1.82, 2.24) is 9.13 Å². The normalized spacial score (nSPS) is 11.5. The summed E-state index contributed by atoms with van der Waals surface area (Å²) in [5.41, 5.74) is 5.10. The fourth-order valence-corrected chi connectivity index (χ4v) is 8.55. The van der Waals surface area contributed by atoms with E-state index >= 15 is 0 Å². The molecule has 0 amide bonds. The largest absolute Gasteiger partial charge is 4.00 e. The van der Waals surface area contributed by atoms with Gasteiger partial charge in [0.1, 0.15) is 0 Å². The van der Waals surface area contributed by atoms with Gasteiger partial charge in [-0.15, -0.1) is 35.0 Å². The molecule has 2 nitrogen and oxygen atoms in total.